The fourth-order valence-corrected chi connectivity index (χ4v) is 2.72. The number of ether oxygens (including phenoxy) is 1. The molecule has 0 fully saturated rings. The molecular formula is C14H11ClF3O4P. The minimum atomic E-state index is -4.51. The van der Waals surface area contributed by atoms with E-state index in [-0.39, 0.29) is 16.5 Å². The Morgan fingerprint density at radius 3 is 2.39 bits per heavy atom. The highest BCUT2D eigenvalue weighted by molar-refractivity contribution is 7.50. The van der Waals surface area contributed by atoms with Gasteiger partial charge in [0.05, 0.1) is 16.7 Å². The lowest BCUT2D eigenvalue weighted by molar-refractivity contribution is -0.137. The SMILES string of the molecule is O=P(O)(O)Cc1cccc(Oc2ccc(C(F)(F)F)cc2Cl)c1. The lowest BCUT2D eigenvalue weighted by Crippen LogP contribution is -2.04. The molecule has 0 radical (unpaired) electrons. The van der Waals surface area contributed by atoms with Gasteiger partial charge in [0.2, 0.25) is 0 Å². The number of halogens is 4. The van der Waals surface area contributed by atoms with Crippen molar-refractivity contribution in [3.05, 3.63) is 58.6 Å². The first-order chi connectivity index (χ1) is 10.5. The van der Waals surface area contributed by atoms with Gasteiger partial charge in [-0.1, -0.05) is 23.7 Å². The van der Waals surface area contributed by atoms with Crippen molar-refractivity contribution >= 4 is 19.2 Å². The maximum atomic E-state index is 12.6. The van der Waals surface area contributed by atoms with Crippen molar-refractivity contribution in [3.8, 4) is 11.5 Å². The van der Waals surface area contributed by atoms with Crippen LogP contribution in [0.2, 0.25) is 5.02 Å². The molecule has 9 heteroatoms. The van der Waals surface area contributed by atoms with Gasteiger partial charge < -0.3 is 14.5 Å². The Balaban J connectivity index is 2.23. The molecule has 2 aromatic carbocycles. The second-order valence-electron chi connectivity index (χ2n) is 4.72. The minimum Gasteiger partial charge on any atom is -0.456 e. The van der Waals surface area contributed by atoms with E-state index in [0.29, 0.717) is 5.56 Å². The zero-order valence-corrected chi connectivity index (χ0v) is 13.1. The van der Waals surface area contributed by atoms with Crippen molar-refractivity contribution in [2.75, 3.05) is 0 Å². The van der Waals surface area contributed by atoms with E-state index in [2.05, 4.69) is 0 Å². The maximum Gasteiger partial charge on any atom is 0.416 e. The van der Waals surface area contributed by atoms with Gasteiger partial charge in [0.25, 0.3) is 0 Å². The molecular weight excluding hydrogens is 356 g/mol. The predicted molar refractivity (Wildman–Crippen MR) is 78.7 cm³/mol. The van der Waals surface area contributed by atoms with Gasteiger partial charge in [0.15, 0.2) is 0 Å². The average Bonchev–Trinajstić information content (AvgIpc) is 2.38. The van der Waals surface area contributed by atoms with E-state index in [1.165, 1.54) is 24.3 Å². The van der Waals surface area contributed by atoms with Crippen molar-refractivity contribution in [1.82, 2.24) is 0 Å². The lowest BCUT2D eigenvalue weighted by Gasteiger charge is -2.12. The van der Waals surface area contributed by atoms with Gasteiger partial charge in [-0.15, -0.1) is 0 Å². The highest BCUT2D eigenvalue weighted by Crippen LogP contribution is 2.40. The van der Waals surface area contributed by atoms with E-state index >= 15 is 0 Å². The van der Waals surface area contributed by atoms with Crippen molar-refractivity contribution in [3.63, 3.8) is 0 Å². The topological polar surface area (TPSA) is 66.8 Å². The summed E-state index contributed by atoms with van der Waals surface area (Å²) in [6.45, 7) is 0. The molecule has 23 heavy (non-hydrogen) atoms. The Hall–Kier alpha value is -1.53. The van der Waals surface area contributed by atoms with E-state index in [4.69, 9.17) is 26.1 Å². The molecule has 2 aromatic rings. The van der Waals surface area contributed by atoms with Crippen LogP contribution in [0.1, 0.15) is 11.1 Å². The second kappa shape index (κ2) is 6.53. The summed E-state index contributed by atoms with van der Waals surface area (Å²) in [5.41, 5.74) is -0.566. The number of alkyl halides is 3. The molecule has 0 aliphatic carbocycles. The van der Waals surface area contributed by atoms with Gasteiger partial charge in [-0.05, 0) is 35.9 Å². The van der Waals surface area contributed by atoms with E-state index in [1.807, 2.05) is 0 Å². The summed E-state index contributed by atoms with van der Waals surface area (Å²) in [6.07, 6.45) is -4.98. The Labute approximate surface area is 134 Å². The summed E-state index contributed by atoms with van der Waals surface area (Å²) in [7, 11) is -4.23. The monoisotopic (exact) mass is 366 g/mol. The standard InChI is InChI=1S/C14H11ClF3O4P/c15-12-7-10(14(16,17)18)4-5-13(12)22-11-3-1-2-9(6-11)8-23(19,20)21/h1-7H,8H2,(H2,19,20,21). The van der Waals surface area contributed by atoms with Crippen LogP contribution in [0.5, 0.6) is 11.5 Å². The minimum absolute atomic E-state index is 0.00740. The van der Waals surface area contributed by atoms with E-state index in [9.17, 15) is 17.7 Å². The summed E-state index contributed by atoms with van der Waals surface area (Å²) >= 11 is 5.78. The molecule has 2 N–H and O–H groups in total. The van der Waals surface area contributed by atoms with Crippen molar-refractivity contribution < 1.29 is 32.3 Å². The number of hydrogen-bond donors (Lipinski definition) is 2. The van der Waals surface area contributed by atoms with Crippen LogP contribution < -0.4 is 4.74 Å². The molecule has 0 aliphatic heterocycles. The largest absolute Gasteiger partial charge is 0.456 e. The van der Waals surface area contributed by atoms with Gasteiger partial charge in [0.1, 0.15) is 11.5 Å². The summed E-state index contributed by atoms with van der Waals surface area (Å²) in [5.74, 6) is 0.214. The Morgan fingerprint density at radius 1 is 1.13 bits per heavy atom. The third-order valence-corrected chi connectivity index (χ3v) is 3.85. The molecule has 0 heterocycles. The number of benzene rings is 2. The highest BCUT2D eigenvalue weighted by atomic mass is 35.5. The summed E-state index contributed by atoms with van der Waals surface area (Å²) < 4.78 is 54.1. The molecule has 0 atom stereocenters. The predicted octanol–water partition coefficient (Wildman–Crippen LogP) is 4.83. The van der Waals surface area contributed by atoms with Crippen LogP contribution in [-0.4, -0.2) is 9.79 Å². The van der Waals surface area contributed by atoms with Crippen LogP contribution in [-0.2, 0) is 16.9 Å². The smallest absolute Gasteiger partial charge is 0.416 e. The quantitative estimate of drug-likeness (QED) is 0.761. The first kappa shape index (κ1) is 17.8. The normalized spacial score (nSPS) is 12.3. The maximum absolute atomic E-state index is 12.6. The van der Waals surface area contributed by atoms with Gasteiger partial charge >= 0.3 is 13.8 Å². The molecule has 124 valence electrons. The second-order valence-corrected chi connectivity index (χ2v) is 6.77. The fraction of sp³-hybridized carbons (Fsp3) is 0.143. The number of rotatable bonds is 4. The summed E-state index contributed by atoms with van der Waals surface area (Å²) in [4.78, 5) is 17.9. The van der Waals surface area contributed by atoms with Crippen LogP contribution in [0.4, 0.5) is 13.2 Å². The molecule has 0 bridgehead atoms. The average molecular weight is 367 g/mol. The van der Waals surface area contributed by atoms with Gasteiger partial charge in [-0.25, -0.2) is 0 Å². The zero-order valence-electron chi connectivity index (χ0n) is 11.4. The molecule has 2 rings (SSSR count). The molecule has 0 amide bonds. The molecule has 0 saturated carbocycles. The van der Waals surface area contributed by atoms with Gasteiger partial charge in [-0.3, -0.25) is 4.57 Å². The molecule has 0 aromatic heterocycles. The van der Waals surface area contributed by atoms with Crippen LogP contribution >= 0.6 is 19.2 Å². The third kappa shape index (κ3) is 5.25. The molecule has 4 nitrogen and oxygen atoms in total. The van der Waals surface area contributed by atoms with Crippen molar-refractivity contribution in [2.45, 2.75) is 12.3 Å². The van der Waals surface area contributed by atoms with Crippen LogP contribution in [0, 0.1) is 0 Å². The van der Waals surface area contributed by atoms with E-state index in [0.717, 1.165) is 18.2 Å². The van der Waals surface area contributed by atoms with Crippen molar-refractivity contribution in [2.24, 2.45) is 0 Å². The van der Waals surface area contributed by atoms with Crippen LogP contribution in [0.15, 0.2) is 42.5 Å². The molecule has 0 unspecified atom stereocenters. The third-order valence-electron chi connectivity index (χ3n) is 2.77. The molecule has 0 spiro atoms. The molecule has 0 saturated heterocycles. The van der Waals surface area contributed by atoms with Crippen LogP contribution in [0.25, 0.3) is 0 Å². The summed E-state index contributed by atoms with van der Waals surface area (Å²) in [6, 6.07) is 8.56. The number of hydrogen-bond acceptors (Lipinski definition) is 2. The van der Waals surface area contributed by atoms with Gasteiger partial charge in [0, 0.05) is 0 Å². The van der Waals surface area contributed by atoms with E-state index < -0.39 is 25.5 Å². The highest BCUT2D eigenvalue weighted by Gasteiger charge is 2.31. The Kier molecular flexibility index (Phi) is 5.06. The zero-order chi connectivity index (χ0) is 17.3. The first-order valence-corrected chi connectivity index (χ1v) is 8.40. The summed E-state index contributed by atoms with van der Waals surface area (Å²) in [5, 5.41) is -0.222. The van der Waals surface area contributed by atoms with Gasteiger partial charge in [-0.2, -0.15) is 13.2 Å². The fourth-order valence-electron chi connectivity index (χ4n) is 1.83. The van der Waals surface area contributed by atoms with Crippen LogP contribution in [0.3, 0.4) is 0 Å². The Morgan fingerprint density at radius 2 is 1.83 bits per heavy atom. The Bertz CT molecular complexity index is 758. The van der Waals surface area contributed by atoms with Crippen molar-refractivity contribution in [1.29, 1.82) is 0 Å². The van der Waals surface area contributed by atoms with E-state index in [1.54, 1.807) is 0 Å². The first-order valence-electron chi connectivity index (χ1n) is 6.23. The molecule has 0 aliphatic rings. The lowest BCUT2D eigenvalue weighted by atomic mass is 10.2.